The van der Waals surface area contributed by atoms with Crippen molar-refractivity contribution in [1.82, 2.24) is 10.2 Å². The van der Waals surface area contributed by atoms with E-state index in [0.717, 1.165) is 51.9 Å². The highest BCUT2D eigenvalue weighted by atomic mass is 16.5. The lowest BCUT2D eigenvalue weighted by Gasteiger charge is -2.39. The highest BCUT2D eigenvalue weighted by Crippen LogP contribution is 2.33. The second-order valence-corrected chi connectivity index (χ2v) is 7.54. The highest BCUT2D eigenvalue weighted by Gasteiger charge is 2.42. The number of rotatable bonds is 6. The summed E-state index contributed by atoms with van der Waals surface area (Å²) >= 11 is 0. The number of ether oxygens (including phenoxy) is 1. The van der Waals surface area contributed by atoms with Crippen molar-refractivity contribution in [1.29, 1.82) is 0 Å². The maximum Gasteiger partial charge on any atom is 0.241 e. The van der Waals surface area contributed by atoms with Crippen molar-refractivity contribution in [3.63, 3.8) is 0 Å². The summed E-state index contributed by atoms with van der Waals surface area (Å²) < 4.78 is 5.49. The summed E-state index contributed by atoms with van der Waals surface area (Å²) in [5.41, 5.74) is 0.214. The Balaban J connectivity index is 2.06. The smallest absolute Gasteiger partial charge is 0.241 e. The fourth-order valence-electron chi connectivity index (χ4n) is 3.51. The van der Waals surface area contributed by atoms with Crippen LogP contribution in [-0.2, 0) is 9.53 Å². The molecule has 0 aromatic carbocycles. The van der Waals surface area contributed by atoms with E-state index in [4.69, 9.17) is 4.74 Å². The molecule has 0 bridgehead atoms. The maximum absolute atomic E-state index is 12.7. The number of nitrogens with zero attached hydrogens (tertiary/aromatic N) is 1. The first-order valence-electron chi connectivity index (χ1n) is 8.59. The van der Waals surface area contributed by atoms with Crippen molar-refractivity contribution in [2.45, 2.75) is 72.0 Å². The standard InChI is InChI=1S/C17H32N2O2/c1-5-6-14-16(20)19(15(18-14)11-13(2)3)12-17(4)7-9-21-10-8-17/h13-15,18H,5-12H2,1-4H3. The number of carbonyl (C=O) groups excluding carboxylic acids is 1. The molecule has 0 aliphatic carbocycles. The zero-order valence-electron chi connectivity index (χ0n) is 14.2. The van der Waals surface area contributed by atoms with Crippen LogP contribution in [0.3, 0.4) is 0 Å². The van der Waals surface area contributed by atoms with Gasteiger partial charge in [0.15, 0.2) is 0 Å². The fraction of sp³-hybridized carbons (Fsp3) is 0.941. The summed E-state index contributed by atoms with van der Waals surface area (Å²) in [6.07, 6.45) is 5.38. The zero-order valence-corrected chi connectivity index (χ0v) is 14.2. The molecule has 2 atom stereocenters. The third-order valence-corrected chi connectivity index (χ3v) is 4.87. The second kappa shape index (κ2) is 7.10. The van der Waals surface area contributed by atoms with Crippen LogP contribution in [0.5, 0.6) is 0 Å². The van der Waals surface area contributed by atoms with Gasteiger partial charge < -0.3 is 9.64 Å². The summed E-state index contributed by atoms with van der Waals surface area (Å²) in [6, 6.07) is 0.0298. The molecule has 21 heavy (non-hydrogen) atoms. The molecule has 2 heterocycles. The molecule has 2 fully saturated rings. The van der Waals surface area contributed by atoms with Crippen molar-refractivity contribution in [2.24, 2.45) is 11.3 Å². The lowest BCUT2D eigenvalue weighted by molar-refractivity contribution is -0.132. The minimum Gasteiger partial charge on any atom is -0.381 e. The van der Waals surface area contributed by atoms with E-state index in [9.17, 15) is 4.79 Å². The topological polar surface area (TPSA) is 41.6 Å². The predicted octanol–water partition coefficient (Wildman–Crippen LogP) is 2.78. The van der Waals surface area contributed by atoms with Gasteiger partial charge in [0.2, 0.25) is 5.91 Å². The monoisotopic (exact) mass is 296 g/mol. The molecule has 2 aliphatic rings. The molecule has 0 aromatic rings. The zero-order chi connectivity index (χ0) is 15.5. The van der Waals surface area contributed by atoms with Crippen LogP contribution in [0, 0.1) is 11.3 Å². The Morgan fingerprint density at radius 3 is 2.62 bits per heavy atom. The van der Waals surface area contributed by atoms with Gasteiger partial charge in [0.1, 0.15) is 0 Å². The van der Waals surface area contributed by atoms with Gasteiger partial charge in [-0.15, -0.1) is 0 Å². The normalized spacial score (nSPS) is 29.4. The van der Waals surface area contributed by atoms with Crippen LogP contribution in [0.25, 0.3) is 0 Å². The molecule has 2 aliphatic heterocycles. The van der Waals surface area contributed by atoms with Gasteiger partial charge in [-0.05, 0) is 37.0 Å². The Kier molecular flexibility index (Phi) is 5.67. The number of amides is 1. The minimum atomic E-state index is 0.0298. The fourth-order valence-corrected chi connectivity index (χ4v) is 3.51. The van der Waals surface area contributed by atoms with Gasteiger partial charge in [0.25, 0.3) is 0 Å². The van der Waals surface area contributed by atoms with Gasteiger partial charge in [0, 0.05) is 19.8 Å². The summed E-state index contributed by atoms with van der Waals surface area (Å²) in [5.74, 6) is 0.913. The number of hydrogen-bond acceptors (Lipinski definition) is 3. The molecule has 0 saturated carbocycles. The van der Waals surface area contributed by atoms with Crippen molar-refractivity contribution >= 4 is 5.91 Å². The Bertz CT molecular complexity index is 351. The lowest BCUT2D eigenvalue weighted by atomic mass is 9.81. The predicted molar refractivity (Wildman–Crippen MR) is 84.9 cm³/mol. The summed E-state index contributed by atoms with van der Waals surface area (Å²) in [6.45, 7) is 11.5. The van der Waals surface area contributed by atoms with Crippen LogP contribution in [0.2, 0.25) is 0 Å². The molecule has 2 rings (SSSR count). The van der Waals surface area contributed by atoms with Crippen molar-refractivity contribution < 1.29 is 9.53 Å². The maximum atomic E-state index is 12.7. The Morgan fingerprint density at radius 2 is 2.05 bits per heavy atom. The van der Waals surface area contributed by atoms with E-state index in [1.165, 1.54) is 0 Å². The minimum absolute atomic E-state index is 0.0298. The van der Waals surface area contributed by atoms with Crippen molar-refractivity contribution in [3.05, 3.63) is 0 Å². The number of hydrogen-bond donors (Lipinski definition) is 1. The molecule has 1 N–H and O–H groups in total. The largest absolute Gasteiger partial charge is 0.381 e. The second-order valence-electron chi connectivity index (χ2n) is 7.54. The van der Waals surface area contributed by atoms with Crippen LogP contribution in [-0.4, -0.2) is 42.8 Å². The lowest BCUT2D eigenvalue weighted by Crippen LogP contribution is -2.46. The third-order valence-electron chi connectivity index (χ3n) is 4.87. The van der Waals surface area contributed by atoms with Crippen molar-refractivity contribution in [3.8, 4) is 0 Å². The first-order chi connectivity index (χ1) is 9.95. The van der Waals surface area contributed by atoms with Gasteiger partial charge in [-0.1, -0.05) is 34.1 Å². The molecule has 0 spiro atoms. The molecule has 1 amide bonds. The Hall–Kier alpha value is -0.610. The molecule has 2 unspecified atom stereocenters. The van der Waals surface area contributed by atoms with Gasteiger partial charge in [-0.3, -0.25) is 10.1 Å². The van der Waals surface area contributed by atoms with Gasteiger partial charge in [-0.25, -0.2) is 0 Å². The number of nitrogens with one attached hydrogen (secondary N) is 1. The average Bonchev–Trinajstić information content (AvgIpc) is 2.68. The van der Waals surface area contributed by atoms with Gasteiger partial charge in [0.05, 0.1) is 12.2 Å². The molecule has 0 aromatic heterocycles. The number of carbonyl (C=O) groups is 1. The molecular formula is C17H32N2O2. The van der Waals surface area contributed by atoms with E-state index in [-0.39, 0.29) is 17.6 Å². The van der Waals surface area contributed by atoms with Gasteiger partial charge in [-0.2, -0.15) is 0 Å². The Labute approximate surface area is 129 Å². The highest BCUT2D eigenvalue weighted by molar-refractivity contribution is 5.84. The SMILES string of the molecule is CCCC1NC(CC(C)C)N(CC2(C)CCOCC2)C1=O. The van der Waals surface area contributed by atoms with Gasteiger partial charge >= 0.3 is 0 Å². The molecule has 4 heteroatoms. The van der Waals surface area contributed by atoms with Crippen LogP contribution in [0.1, 0.15) is 59.8 Å². The van der Waals surface area contributed by atoms with E-state index in [2.05, 4.69) is 37.9 Å². The molecule has 4 nitrogen and oxygen atoms in total. The van der Waals surface area contributed by atoms with E-state index < -0.39 is 0 Å². The molecule has 122 valence electrons. The summed E-state index contributed by atoms with van der Waals surface area (Å²) in [7, 11) is 0. The first-order valence-corrected chi connectivity index (χ1v) is 8.59. The van der Waals surface area contributed by atoms with Crippen molar-refractivity contribution in [2.75, 3.05) is 19.8 Å². The van der Waals surface area contributed by atoms with Crippen LogP contribution < -0.4 is 5.32 Å². The van der Waals surface area contributed by atoms with Crippen LogP contribution in [0.4, 0.5) is 0 Å². The first kappa shape index (κ1) is 16.8. The van der Waals surface area contributed by atoms with E-state index in [1.54, 1.807) is 0 Å². The summed E-state index contributed by atoms with van der Waals surface area (Å²) in [4.78, 5) is 14.9. The summed E-state index contributed by atoms with van der Waals surface area (Å²) in [5, 5.41) is 3.58. The van der Waals surface area contributed by atoms with Crippen LogP contribution in [0.15, 0.2) is 0 Å². The average molecular weight is 296 g/mol. The Morgan fingerprint density at radius 1 is 1.38 bits per heavy atom. The van der Waals surface area contributed by atoms with E-state index in [0.29, 0.717) is 11.8 Å². The van der Waals surface area contributed by atoms with E-state index >= 15 is 0 Å². The van der Waals surface area contributed by atoms with E-state index in [1.807, 2.05) is 0 Å². The quantitative estimate of drug-likeness (QED) is 0.819. The molecule has 0 radical (unpaired) electrons. The molecular weight excluding hydrogens is 264 g/mol. The van der Waals surface area contributed by atoms with Crippen LogP contribution >= 0.6 is 0 Å². The third kappa shape index (κ3) is 4.19. The molecule has 2 saturated heterocycles.